The number of halogens is 1. The van der Waals surface area contributed by atoms with Gasteiger partial charge in [0.15, 0.2) is 0 Å². The summed E-state index contributed by atoms with van der Waals surface area (Å²) in [5.74, 6) is -0.893. The monoisotopic (exact) mass is 317 g/mol. The zero-order valence-electron chi connectivity index (χ0n) is 11.9. The van der Waals surface area contributed by atoms with Crippen molar-refractivity contribution in [2.45, 2.75) is 19.4 Å². The normalized spacial score (nSPS) is 36.0. The molecule has 3 aliphatic rings. The minimum Gasteiger partial charge on any atom is -0.281 e. The van der Waals surface area contributed by atoms with E-state index in [-0.39, 0.29) is 46.6 Å². The van der Waals surface area contributed by atoms with Crippen molar-refractivity contribution in [3.8, 4) is 0 Å². The molecule has 1 saturated heterocycles. The lowest BCUT2D eigenvalue weighted by molar-refractivity contribution is -0.141. The highest BCUT2D eigenvalue weighted by Gasteiger charge is 2.64. The van der Waals surface area contributed by atoms with Crippen molar-refractivity contribution in [1.29, 1.82) is 0 Å². The molecule has 1 aromatic carbocycles. The summed E-state index contributed by atoms with van der Waals surface area (Å²) >= 11 is 5.67. The van der Waals surface area contributed by atoms with Crippen molar-refractivity contribution in [2.75, 3.05) is 0 Å². The predicted molar refractivity (Wildman–Crippen MR) is 79.5 cm³/mol. The van der Waals surface area contributed by atoms with Crippen LogP contribution < -0.4 is 0 Å². The molecule has 0 unspecified atom stereocenters. The van der Waals surface area contributed by atoms with E-state index in [9.17, 15) is 14.4 Å². The zero-order valence-corrected chi connectivity index (χ0v) is 12.7. The molecule has 22 heavy (non-hydrogen) atoms. The van der Waals surface area contributed by atoms with Crippen molar-refractivity contribution in [1.82, 2.24) is 4.90 Å². The van der Waals surface area contributed by atoms with Gasteiger partial charge in [0.1, 0.15) is 0 Å². The molecule has 0 aromatic heterocycles. The molecule has 1 heterocycles. The van der Waals surface area contributed by atoms with Crippen LogP contribution in [0.3, 0.4) is 0 Å². The van der Waals surface area contributed by atoms with E-state index in [1.807, 2.05) is 30.3 Å². The third-order valence-electron chi connectivity index (χ3n) is 5.58. The van der Waals surface area contributed by atoms with Gasteiger partial charge < -0.3 is 0 Å². The number of rotatable bonds is 3. The van der Waals surface area contributed by atoms with E-state index in [0.29, 0.717) is 13.0 Å². The van der Waals surface area contributed by atoms with Gasteiger partial charge >= 0.3 is 0 Å². The Morgan fingerprint density at radius 2 is 1.77 bits per heavy atom. The molecule has 2 bridgehead atoms. The fraction of sp³-hybridized carbons (Fsp3) is 0.471. The van der Waals surface area contributed by atoms with E-state index in [1.165, 1.54) is 4.90 Å². The third kappa shape index (κ3) is 1.86. The minimum absolute atomic E-state index is 0.0442. The maximum absolute atomic E-state index is 12.7. The third-order valence-corrected chi connectivity index (χ3v) is 5.86. The molecule has 2 saturated carbocycles. The molecule has 0 spiro atoms. The van der Waals surface area contributed by atoms with Crippen LogP contribution in [-0.4, -0.2) is 22.0 Å². The highest BCUT2D eigenvalue weighted by molar-refractivity contribution is 6.64. The first-order valence-corrected chi connectivity index (χ1v) is 8.04. The van der Waals surface area contributed by atoms with Gasteiger partial charge in [-0.25, -0.2) is 0 Å². The molecule has 5 atom stereocenters. The van der Waals surface area contributed by atoms with Gasteiger partial charge in [0, 0.05) is 5.92 Å². The lowest BCUT2D eigenvalue weighted by atomic mass is 9.76. The molecule has 4 rings (SSSR count). The van der Waals surface area contributed by atoms with Gasteiger partial charge in [0.05, 0.1) is 18.4 Å². The predicted octanol–water partition coefficient (Wildman–Crippen LogP) is 2.21. The number of hydrogen-bond acceptors (Lipinski definition) is 3. The largest absolute Gasteiger partial charge is 0.281 e. The number of benzene rings is 1. The van der Waals surface area contributed by atoms with Gasteiger partial charge in [-0.2, -0.15) is 0 Å². The van der Waals surface area contributed by atoms with Crippen LogP contribution >= 0.6 is 11.6 Å². The second-order valence-corrected chi connectivity index (χ2v) is 6.98. The highest BCUT2D eigenvalue weighted by Crippen LogP contribution is 2.59. The van der Waals surface area contributed by atoms with Crippen molar-refractivity contribution in [3.05, 3.63) is 35.9 Å². The first-order chi connectivity index (χ1) is 10.6. The summed E-state index contributed by atoms with van der Waals surface area (Å²) < 4.78 is 0. The highest BCUT2D eigenvalue weighted by atomic mass is 35.5. The van der Waals surface area contributed by atoms with Crippen molar-refractivity contribution < 1.29 is 14.4 Å². The Balaban J connectivity index is 1.60. The molecule has 114 valence electrons. The Kier molecular flexibility index (Phi) is 3.12. The first kappa shape index (κ1) is 13.9. The van der Waals surface area contributed by atoms with Crippen LogP contribution in [0.1, 0.15) is 18.4 Å². The molecular formula is C17H16ClNO3. The van der Waals surface area contributed by atoms with E-state index >= 15 is 0 Å². The molecule has 1 aromatic rings. The zero-order chi connectivity index (χ0) is 15.4. The molecule has 1 aliphatic heterocycles. The van der Waals surface area contributed by atoms with E-state index < -0.39 is 0 Å². The van der Waals surface area contributed by atoms with Crippen LogP contribution in [0.5, 0.6) is 0 Å². The summed E-state index contributed by atoms with van der Waals surface area (Å²) in [5, 5.41) is -0.354. The van der Waals surface area contributed by atoms with Crippen LogP contribution in [0.15, 0.2) is 30.3 Å². The average molecular weight is 318 g/mol. The number of carbonyl (C=O) groups is 3. The second kappa shape index (κ2) is 4.92. The number of imide groups is 1. The van der Waals surface area contributed by atoms with Crippen molar-refractivity contribution in [2.24, 2.45) is 29.6 Å². The summed E-state index contributed by atoms with van der Waals surface area (Å²) in [6, 6.07) is 9.52. The molecule has 5 heteroatoms. The Hall–Kier alpha value is -1.68. The topological polar surface area (TPSA) is 54.5 Å². The van der Waals surface area contributed by atoms with Crippen LogP contribution in [0, 0.1) is 29.6 Å². The fourth-order valence-electron chi connectivity index (χ4n) is 4.70. The summed E-state index contributed by atoms with van der Waals surface area (Å²) in [5.41, 5.74) is 0.946. The molecular weight excluding hydrogens is 302 g/mol. The number of carbonyl (C=O) groups excluding carboxylic acids is 3. The van der Waals surface area contributed by atoms with Crippen LogP contribution in [0.25, 0.3) is 0 Å². The first-order valence-electron chi connectivity index (χ1n) is 7.66. The van der Waals surface area contributed by atoms with Crippen LogP contribution in [0.2, 0.25) is 0 Å². The van der Waals surface area contributed by atoms with Gasteiger partial charge in [0.25, 0.3) is 0 Å². The lowest BCUT2D eigenvalue weighted by Gasteiger charge is -2.25. The molecule has 4 nitrogen and oxygen atoms in total. The maximum atomic E-state index is 12.7. The fourth-order valence-corrected chi connectivity index (χ4v) is 4.95. The molecule has 2 amide bonds. The van der Waals surface area contributed by atoms with Gasteiger partial charge in [0.2, 0.25) is 17.1 Å². The maximum Gasteiger partial charge on any atom is 0.233 e. The number of nitrogens with zero attached hydrogens (tertiary/aromatic N) is 1. The van der Waals surface area contributed by atoms with Gasteiger partial charge in [-0.05, 0) is 41.8 Å². The Bertz CT molecular complexity index is 659. The van der Waals surface area contributed by atoms with Crippen molar-refractivity contribution >= 4 is 28.7 Å². The van der Waals surface area contributed by atoms with Gasteiger partial charge in [-0.3, -0.25) is 19.3 Å². The van der Waals surface area contributed by atoms with Crippen LogP contribution in [0.4, 0.5) is 0 Å². The summed E-state index contributed by atoms with van der Waals surface area (Å²) in [7, 11) is 0. The van der Waals surface area contributed by atoms with Crippen molar-refractivity contribution in [3.63, 3.8) is 0 Å². The number of hydrogen-bond donors (Lipinski definition) is 0. The molecule has 0 N–H and O–H groups in total. The SMILES string of the molecule is O=C(Cl)[C@H]1C[C@H]2C[C@@H]1[C@@H]1C(=O)N(Cc3ccccc3)C(=O)[C@H]21. The van der Waals surface area contributed by atoms with Gasteiger partial charge in [-0.1, -0.05) is 30.3 Å². The number of fused-ring (bicyclic) bond motifs is 5. The minimum atomic E-state index is -0.354. The van der Waals surface area contributed by atoms with E-state index in [2.05, 4.69) is 0 Å². The quantitative estimate of drug-likeness (QED) is 0.634. The standard InChI is InChI=1S/C17H16ClNO3/c18-15(20)12-7-10-6-11(12)14-13(10)16(21)19(17(14)22)8-9-4-2-1-3-5-9/h1-5,10-14H,6-8H2/t10-,11+,12+,13-,14+/m1/s1. The molecule has 0 radical (unpaired) electrons. The lowest BCUT2D eigenvalue weighted by Crippen LogP contribution is -2.33. The Labute approximate surface area is 133 Å². The Morgan fingerprint density at radius 3 is 2.45 bits per heavy atom. The Morgan fingerprint density at radius 1 is 1.09 bits per heavy atom. The summed E-state index contributed by atoms with van der Waals surface area (Å²) in [6.45, 7) is 0.324. The summed E-state index contributed by atoms with van der Waals surface area (Å²) in [4.78, 5) is 38.3. The van der Waals surface area contributed by atoms with E-state index in [4.69, 9.17) is 11.6 Å². The van der Waals surface area contributed by atoms with E-state index in [1.54, 1.807) is 0 Å². The number of amides is 2. The van der Waals surface area contributed by atoms with E-state index in [0.717, 1.165) is 12.0 Å². The summed E-state index contributed by atoms with van der Waals surface area (Å²) in [6.07, 6.45) is 1.45. The smallest absolute Gasteiger partial charge is 0.233 e. The average Bonchev–Trinajstić information content (AvgIpc) is 3.16. The number of likely N-dealkylation sites (tertiary alicyclic amines) is 1. The molecule has 3 fully saturated rings. The molecule has 2 aliphatic carbocycles. The van der Waals surface area contributed by atoms with Gasteiger partial charge in [-0.15, -0.1) is 0 Å². The van der Waals surface area contributed by atoms with Crippen LogP contribution in [-0.2, 0) is 20.9 Å². The second-order valence-electron chi connectivity index (χ2n) is 6.61.